The fourth-order valence-corrected chi connectivity index (χ4v) is 4.10. The maximum absolute atomic E-state index is 12.6. The van der Waals surface area contributed by atoms with Gasteiger partial charge in [-0.15, -0.1) is 11.3 Å². The lowest BCUT2D eigenvalue weighted by Crippen LogP contribution is -2.27. The molecule has 5 nitrogen and oxygen atoms in total. The minimum atomic E-state index is -0.323. The number of rotatable bonds is 4. The van der Waals surface area contributed by atoms with Gasteiger partial charge in [0.1, 0.15) is 0 Å². The zero-order valence-electron chi connectivity index (χ0n) is 14.5. The maximum Gasteiger partial charge on any atom is 0.252 e. The fourth-order valence-electron chi connectivity index (χ4n) is 2.98. The molecular weight excluding hydrogens is 382 g/mol. The molecule has 7 heteroatoms. The van der Waals surface area contributed by atoms with Crippen molar-refractivity contribution < 1.29 is 4.79 Å². The van der Waals surface area contributed by atoms with Gasteiger partial charge in [-0.2, -0.15) is 0 Å². The molecule has 0 atom stereocenters. The largest absolute Gasteiger partial charge is 0.352 e. The van der Waals surface area contributed by atoms with Gasteiger partial charge in [0.25, 0.3) is 5.91 Å². The van der Waals surface area contributed by atoms with Crippen LogP contribution in [0.1, 0.15) is 20.9 Å². The van der Waals surface area contributed by atoms with Gasteiger partial charge in [-0.25, -0.2) is 4.98 Å². The molecule has 1 amide bonds. The van der Waals surface area contributed by atoms with Crippen molar-refractivity contribution in [2.24, 2.45) is 0 Å². The first-order valence-corrected chi connectivity index (χ1v) is 9.66. The summed E-state index contributed by atoms with van der Waals surface area (Å²) in [4.78, 5) is 31.8. The number of hydrogen-bond acceptors (Lipinski definition) is 4. The van der Waals surface area contributed by atoms with Crippen LogP contribution in [0.2, 0.25) is 5.02 Å². The number of pyridine rings is 1. The number of benzene rings is 2. The zero-order chi connectivity index (χ0) is 19.0. The van der Waals surface area contributed by atoms with E-state index in [9.17, 15) is 9.59 Å². The minimum Gasteiger partial charge on any atom is -0.352 e. The Hall–Kier alpha value is -2.70. The smallest absolute Gasteiger partial charge is 0.252 e. The van der Waals surface area contributed by atoms with Crippen molar-refractivity contribution in [2.45, 2.75) is 13.3 Å². The van der Waals surface area contributed by atoms with Gasteiger partial charge in [0.2, 0.25) is 5.56 Å². The van der Waals surface area contributed by atoms with Crippen LogP contribution in [-0.2, 0) is 6.42 Å². The number of nitrogens with one attached hydrogen (secondary N) is 2. The molecule has 2 N–H and O–H groups in total. The molecular formula is C20H16ClN3O2S. The number of aryl methyl sites for hydroxylation is 1. The highest BCUT2D eigenvalue weighted by Crippen LogP contribution is 2.23. The molecule has 0 radical (unpaired) electrons. The van der Waals surface area contributed by atoms with Crippen LogP contribution in [0.5, 0.6) is 0 Å². The Morgan fingerprint density at radius 2 is 2.07 bits per heavy atom. The lowest BCUT2D eigenvalue weighted by Gasteiger charge is -2.07. The normalized spacial score (nSPS) is 11.2. The second-order valence-corrected chi connectivity index (χ2v) is 7.87. The van der Waals surface area contributed by atoms with Crippen LogP contribution in [0, 0.1) is 6.92 Å². The van der Waals surface area contributed by atoms with E-state index in [0.717, 1.165) is 15.2 Å². The monoisotopic (exact) mass is 397 g/mol. The first-order chi connectivity index (χ1) is 13.0. The number of thiazole rings is 1. The Morgan fingerprint density at radius 1 is 1.22 bits per heavy atom. The Balaban J connectivity index is 1.51. The molecule has 2 aromatic carbocycles. The summed E-state index contributed by atoms with van der Waals surface area (Å²) >= 11 is 7.66. The van der Waals surface area contributed by atoms with Crippen LogP contribution >= 0.6 is 22.9 Å². The van der Waals surface area contributed by atoms with Crippen molar-refractivity contribution in [3.8, 4) is 0 Å². The average Bonchev–Trinajstić information content (AvgIpc) is 3.03. The van der Waals surface area contributed by atoms with Gasteiger partial charge < -0.3 is 10.3 Å². The predicted molar refractivity (Wildman–Crippen MR) is 110 cm³/mol. The lowest BCUT2D eigenvalue weighted by atomic mass is 10.1. The first kappa shape index (κ1) is 17.7. The van der Waals surface area contributed by atoms with Gasteiger partial charge in [-0.3, -0.25) is 9.59 Å². The molecule has 0 aliphatic heterocycles. The summed E-state index contributed by atoms with van der Waals surface area (Å²) in [5, 5.41) is 4.97. The number of amides is 1. The molecule has 2 aromatic heterocycles. The maximum atomic E-state index is 12.6. The van der Waals surface area contributed by atoms with Gasteiger partial charge in [0.15, 0.2) is 0 Å². The number of hydrogen-bond donors (Lipinski definition) is 2. The molecule has 4 rings (SSSR count). The Kier molecular flexibility index (Phi) is 4.68. The number of carbonyl (C=O) groups is 1. The van der Waals surface area contributed by atoms with Crippen LogP contribution in [0.3, 0.4) is 0 Å². The fraction of sp³-hybridized carbons (Fsp3) is 0.150. The summed E-state index contributed by atoms with van der Waals surface area (Å²) in [6.45, 7) is 2.48. The molecule has 4 aromatic rings. The van der Waals surface area contributed by atoms with Gasteiger partial charge >= 0.3 is 0 Å². The first-order valence-electron chi connectivity index (χ1n) is 8.46. The third kappa shape index (κ3) is 3.72. The van der Waals surface area contributed by atoms with Crippen molar-refractivity contribution >= 4 is 50.0 Å². The summed E-state index contributed by atoms with van der Waals surface area (Å²) in [5.74, 6) is -0.301. The molecule has 0 fully saturated rings. The Morgan fingerprint density at radius 3 is 2.93 bits per heavy atom. The van der Waals surface area contributed by atoms with E-state index in [4.69, 9.17) is 11.6 Å². The highest BCUT2D eigenvalue weighted by atomic mass is 35.5. The van der Waals surface area contributed by atoms with Crippen molar-refractivity contribution in [3.05, 3.63) is 74.0 Å². The third-order valence-corrected chi connectivity index (χ3v) is 5.59. The summed E-state index contributed by atoms with van der Waals surface area (Å²) in [6.07, 6.45) is 0.631. The van der Waals surface area contributed by atoms with Crippen molar-refractivity contribution in [1.29, 1.82) is 0 Å². The summed E-state index contributed by atoms with van der Waals surface area (Å²) in [5.41, 5.74) is 2.73. The van der Waals surface area contributed by atoms with Crippen LogP contribution in [-0.4, -0.2) is 22.4 Å². The highest BCUT2D eigenvalue weighted by molar-refractivity contribution is 7.18. The molecule has 0 spiro atoms. The highest BCUT2D eigenvalue weighted by Gasteiger charge is 2.12. The van der Waals surface area contributed by atoms with E-state index < -0.39 is 0 Å². The van der Waals surface area contributed by atoms with E-state index >= 15 is 0 Å². The van der Waals surface area contributed by atoms with E-state index in [2.05, 4.69) is 33.5 Å². The number of nitrogens with zero attached hydrogens (tertiary/aromatic N) is 1. The number of fused-ring (bicyclic) bond motifs is 2. The molecule has 0 aliphatic rings. The van der Waals surface area contributed by atoms with Crippen molar-refractivity contribution in [3.63, 3.8) is 0 Å². The van der Waals surface area contributed by atoms with E-state index in [1.807, 2.05) is 6.92 Å². The quantitative estimate of drug-likeness (QED) is 0.545. The molecule has 0 saturated heterocycles. The summed E-state index contributed by atoms with van der Waals surface area (Å²) < 4.78 is 1.14. The molecule has 0 bridgehead atoms. The van der Waals surface area contributed by atoms with E-state index in [1.165, 1.54) is 11.6 Å². The number of carbonyl (C=O) groups excluding carboxylic acids is 1. The van der Waals surface area contributed by atoms with Gasteiger partial charge in [-0.1, -0.05) is 17.7 Å². The predicted octanol–water partition coefficient (Wildman–Crippen LogP) is 4.07. The molecule has 0 aliphatic carbocycles. The Bertz CT molecular complexity index is 1230. The van der Waals surface area contributed by atoms with Crippen molar-refractivity contribution in [2.75, 3.05) is 6.54 Å². The summed E-state index contributed by atoms with van der Waals surface area (Å²) in [7, 11) is 0. The number of halogens is 1. The van der Waals surface area contributed by atoms with Crippen LogP contribution in [0.25, 0.3) is 21.1 Å². The van der Waals surface area contributed by atoms with Crippen LogP contribution < -0.4 is 10.9 Å². The average molecular weight is 398 g/mol. The van der Waals surface area contributed by atoms with Gasteiger partial charge in [-0.05, 0) is 42.8 Å². The van der Waals surface area contributed by atoms with Crippen molar-refractivity contribution in [1.82, 2.24) is 15.3 Å². The Labute approximate surface area is 164 Å². The number of aromatic nitrogens is 2. The molecule has 27 heavy (non-hydrogen) atoms. The standard InChI is InChI=1S/C20H16ClN3O2S/c1-11-2-5-17-16(8-11)24-19(27-17)6-7-22-20(26)14-10-18(25)23-15-4-3-12(21)9-13(14)15/h2-5,8-10H,6-7H2,1H3,(H,22,26)(H,23,25). The number of H-pyrrole nitrogens is 1. The SMILES string of the molecule is Cc1ccc2sc(CCNC(=O)c3cc(=O)[nH]c4ccc(Cl)cc34)nc2c1. The van der Waals surface area contributed by atoms with E-state index in [0.29, 0.717) is 34.5 Å². The van der Waals surface area contributed by atoms with Crippen LogP contribution in [0.4, 0.5) is 0 Å². The van der Waals surface area contributed by atoms with E-state index in [1.54, 1.807) is 29.5 Å². The summed E-state index contributed by atoms with van der Waals surface area (Å²) in [6, 6.07) is 12.5. The molecule has 0 saturated carbocycles. The number of aromatic amines is 1. The topological polar surface area (TPSA) is 74.8 Å². The molecule has 0 unspecified atom stereocenters. The second kappa shape index (κ2) is 7.13. The van der Waals surface area contributed by atoms with Gasteiger partial charge in [0, 0.05) is 35.0 Å². The lowest BCUT2D eigenvalue weighted by molar-refractivity contribution is 0.0955. The zero-order valence-corrected chi connectivity index (χ0v) is 16.1. The molecule has 2 heterocycles. The second-order valence-electron chi connectivity index (χ2n) is 6.32. The van der Waals surface area contributed by atoms with Crippen LogP contribution in [0.15, 0.2) is 47.3 Å². The van der Waals surface area contributed by atoms with Gasteiger partial charge in [0.05, 0.1) is 20.8 Å². The van der Waals surface area contributed by atoms with E-state index in [-0.39, 0.29) is 11.5 Å². The third-order valence-electron chi connectivity index (χ3n) is 4.26. The minimum absolute atomic E-state index is 0.301. The molecule has 136 valence electrons.